The Labute approximate surface area is 190 Å². The lowest BCUT2D eigenvalue weighted by Crippen LogP contribution is -2.21. The molecule has 1 aliphatic carbocycles. The molecule has 0 saturated carbocycles. The van der Waals surface area contributed by atoms with Crippen molar-refractivity contribution in [2.75, 3.05) is 5.32 Å². The Morgan fingerprint density at radius 3 is 2.70 bits per heavy atom. The van der Waals surface area contributed by atoms with Gasteiger partial charge in [0.1, 0.15) is 0 Å². The molecule has 1 N–H and O–H groups in total. The number of nitrogens with zero attached hydrogens (tertiary/aromatic N) is 3. The van der Waals surface area contributed by atoms with Crippen molar-refractivity contribution in [2.24, 2.45) is 0 Å². The van der Waals surface area contributed by atoms with Gasteiger partial charge in [0.25, 0.3) is 0 Å². The number of rotatable bonds is 7. The van der Waals surface area contributed by atoms with Gasteiger partial charge in [-0.1, -0.05) is 30.3 Å². The highest BCUT2D eigenvalue weighted by atomic mass is 16.2. The molecule has 0 spiro atoms. The van der Waals surface area contributed by atoms with E-state index in [2.05, 4.69) is 10.4 Å². The van der Waals surface area contributed by atoms with Crippen LogP contribution in [0.1, 0.15) is 46.3 Å². The summed E-state index contributed by atoms with van der Waals surface area (Å²) in [6, 6.07) is 18.6. The molecule has 0 aliphatic heterocycles. The Bertz CT molecular complexity index is 1420. The van der Waals surface area contributed by atoms with Crippen LogP contribution in [0.5, 0.6) is 0 Å². The third kappa shape index (κ3) is 4.48. The topological polar surface area (TPSA) is 85.5 Å². The maximum atomic E-state index is 12.5. The zero-order chi connectivity index (χ0) is 22.8. The van der Waals surface area contributed by atoms with Gasteiger partial charge in [0.05, 0.1) is 6.54 Å². The fraction of sp³-hybridized carbons (Fsp3) is 0.231. The molecule has 0 atom stereocenters. The van der Waals surface area contributed by atoms with Crippen LogP contribution in [0.15, 0.2) is 71.7 Å². The van der Waals surface area contributed by atoms with Crippen LogP contribution in [0.3, 0.4) is 0 Å². The number of hydrogen-bond acceptors (Lipinski definition) is 4. The molecule has 0 bridgehead atoms. The molecule has 0 saturated heterocycles. The molecule has 5 rings (SSSR count). The highest BCUT2D eigenvalue weighted by Crippen LogP contribution is 2.23. The van der Waals surface area contributed by atoms with Crippen LogP contribution in [-0.2, 0) is 24.2 Å². The van der Waals surface area contributed by atoms with Crippen LogP contribution >= 0.6 is 0 Å². The van der Waals surface area contributed by atoms with Gasteiger partial charge in [-0.25, -0.2) is 9.48 Å². The number of aromatic nitrogens is 3. The summed E-state index contributed by atoms with van der Waals surface area (Å²) in [7, 11) is 0. The first-order valence-corrected chi connectivity index (χ1v) is 11.1. The van der Waals surface area contributed by atoms with Crippen molar-refractivity contribution < 1.29 is 9.59 Å². The zero-order valence-electron chi connectivity index (χ0n) is 18.2. The summed E-state index contributed by atoms with van der Waals surface area (Å²) in [6.07, 6.45) is 5.21. The van der Waals surface area contributed by atoms with Gasteiger partial charge in [0.2, 0.25) is 5.91 Å². The number of fused-ring (bicyclic) bond motifs is 2. The smallest absolute Gasteiger partial charge is 0.326 e. The predicted octanol–water partition coefficient (Wildman–Crippen LogP) is 3.63. The second-order valence-electron chi connectivity index (χ2n) is 8.38. The van der Waals surface area contributed by atoms with E-state index in [-0.39, 0.29) is 30.2 Å². The minimum Gasteiger partial charge on any atom is -0.326 e. The van der Waals surface area contributed by atoms with Crippen LogP contribution in [0.25, 0.3) is 5.65 Å². The summed E-state index contributed by atoms with van der Waals surface area (Å²) in [5.74, 6) is -0.230. The molecule has 33 heavy (non-hydrogen) atoms. The molecule has 7 heteroatoms. The average molecular weight is 441 g/mol. The third-order valence-corrected chi connectivity index (χ3v) is 6.03. The second kappa shape index (κ2) is 8.86. The van der Waals surface area contributed by atoms with E-state index < -0.39 is 0 Å². The average Bonchev–Trinajstić information content (AvgIpc) is 3.42. The molecule has 1 amide bonds. The van der Waals surface area contributed by atoms with Crippen molar-refractivity contribution in [1.82, 2.24) is 14.2 Å². The first-order valence-electron chi connectivity index (χ1n) is 11.1. The van der Waals surface area contributed by atoms with Gasteiger partial charge in [-0.05, 0) is 66.3 Å². The van der Waals surface area contributed by atoms with Gasteiger partial charge in [-0.2, -0.15) is 0 Å². The lowest BCUT2D eigenvalue weighted by Gasteiger charge is -2.08. The molecular formula is C26H24N4O3. The number of carbonyl (C=O) groups is 2. The van der Waals surface area contributed by atoms with Crippen LogP contribution in [0, 0.1) is 0 Å². The first-order chi connectivity index (χ1) is 16.1. The molecule has 0 radical (unpaired) electrons. The number of pyridine rings is 1. The minimum absolute atomic E-state index is 0.0141. The summed E-state index contributed by atoms with van der Waals surface area (Å²) in [4.78, 5) is 37.5. The number of amides is 1. The first kappa shape index (κ1) is 20.9. The number of ketones is 1. The van der Waals surface area contributed by atoms with E-state index in [0.29, 0.717) is 23.4 Å². The normalized spacial score (nSPS) is 12.6. The summed E-state index contributed by atoms with van der Waals surface area (Å²) in [5, 5.41) is 7.19. The van der Waals surface area contributed by atoms with Crippen molar-refractivity contribution in [3.63, 3.8) is 0 Å². The molecule has 2 aromatic heterocycles. The SMILES string of the molecule is O=C(CCC(=O)c1ccc2c(c1)CCC2)Nc1cccc(Cn2nc3ccccn3c2=O)c1. The number of hydrogen-bond donors (Lipinski definition) is 1. The third-order valence-electron chi connectivity index (χ3n) is 6.03. The number of benzene rings is 2. The van der Waals surface area contributed by atoms with Gasteiger partial charge in [-0.3, -0.25) is 14.0 Å². The van der Waals surface area contributed by atoms with E-state index in [1.807, 2.05) is 42.5 Å². The fourth-order valence-corrected chi connectivity index (χ4v) is 4.33. The highest BCUT2D eigenvalue weighted by Gasteiger charge is 2.15. The molecule has 0 fully saturated rings. The maximum absolute atomic E-state index is 12.5. The van der Waals surface area contributed by atoms with Crippen molar-refractivity contribution in [3.8, 4) is 0 Å². The molecule has 7 nitrogen and oxygen atoms in total. The summed E-state index contributed by atoms with van der Waals surface area (Å²) >= 11 is 0. The number of nitrogens with one attached hydrogen (secondary N) is 1. The van der Waals surface area contributed by atoms with E-state index in [4.69, 9.17) is 0 Å². The minimum atomic E-state index is -0.217. The lowest BCUT2D eigenvalue weighted by atomic mass is 10.0. The molecule has 1 aliphatic rings. The van der Waals surface area contributed by atoms with Gasteiger partial charge >= 0.3 is 5.69 Å². The maximum Gasteiger partial charge on any atom is 0.350 e. The molecule has 166 valence electrons. The van der Waals surface area contributed by atoms with Crippen LogP contribution in [0.4, 0.5) is 5.69 Å². The van der Waals surface area contributed by atoms with Gasteiger partial charge in [-0.15, -0.1) is 5.10 Å². The summed E-state index contributed by atoms with van der Waals surface area (Å²) < 4.78 is 2.88. The number of anilines is 1. The Hall–Kier alpha value is -4.00. The molecule has 2 heterocycles. The molecule has 4 aromatic rings. The molecule has 0 unspecified atom stereocenters. The zero-order valence-corrected chi connectivity index (χ0v) is 18.2. The Morgan fingerprint density at radius 2 is 1.82 bits per heavy atom. The molecular weight excluding hydrogens is 416 g/mol. The van der Waals surface area contributed by atoms with E-state index >= 15 is 0 Å². The Morgan fingerprint density at radius 1 is 0.939 bits per heavy atom. The standard InChI is InChI=1S/C26H24N4O3/c31-23(21-11-10-19-6-4-7-20(19)16-21)12-13-25(32)27-22-8-3-5-18(15-22)17-30-26(33)29-14-2-1-9-24(29)28-30/h1-3,5,8-11,14-16H,4,6-7,12-13,17H2,(H,27,32). The van der Waals surface area contributed by atoms with E-state index in [0.717, 1.165) is 24.8 Å². The lowest BCUT2D eigenvalue weighted by molar-refractivity contribution is -0.116. The van der Waals surface area contributed by atoms with Crippen molar-refractivity contribution in [1.29, 1.82) is 0 Å². The Balaban J connectivity index is 1.20. The summed E-state index contributed by atoms with van der Waals surface area (Å²) in [5.41, 5.74) is 5.10. The summed E-state index contributed by atoms with van der Waals surface area (Å²) in [6.45, 7) is 0.293. The van der Waals surface area contributed by atoms with Crippen LogP contribution in [0.2, 0.25) is 0 Å². The van der Waals surface area contributed by atoms with Crippen molar-refractivity contribution >= 4 is 23.0 Å². The highest BCUT2D eigenvalue weighted by molar-refractivity contribution is 6.00. The van der Waals surface area contributed by atoms with Crippen LogP contribution < -0.4 is 11.0 Å². The quantitative estimate of drug-likeness (QED) is 0.445. The number of Topliss-reactive ketones (excluding diaryl/α,β-unsaturated/α-hetero) is 1. The van der Waals surface area contributed by atoms with Gasteiger partial charge < -0.3 is 5.32 Å². The number of carbonyl (C=O) groups excluding carboxylic acids is 2. The number of aryl methyl sites for hydroxylation is 2. The predicted molar refractivity (Wildman–Crippen MR) is 126 cm³/mol. The van der Waals surface area contributed by atoms with Gasteiger partial charge in [0, 0.05) is 30.3 Å². The van der Waals surface area contributed by atoms with Crippen LogP contribution in [-0.4, -0.2) is 25.9 Å². The Kier molecular flexibility index (Phi) is 5.60. The van der Waals surface area contributed by atoms with E-state index in [9.17, 15) is 14.4 Å². The van der Waals surface area contributed by atoms with E-state index in [1.165, 1.54) is 20.2 Å². The van der Waals surface area contributed by atoms with Crippen molar-refractivity contribution in [3.05, 3.63) is 99.6 Å². The largest absolute Gasteiger partial charge is 0.350 e. The van der Waals surface area contributed by atoms with Crippen molar-refractivity contribution in [2.45, 2.75) is 38.6 Å². The monoisotopic (exact) mass is 440 g/mol. The second-order valence-corrected chi connectivity index (χ2v) is 8.38. The fourth-order valence-electron chi connectivity index (χ4n) is 4.33. The van der Waals surface area contributed by atoms with Gasteiger partial charge in [0.15, 0.2) is 11.4 Å². The van der Waals surface area contributed by atoms with E-state index in [1.54, 1.807) is 24.4 Å². The molecule has 2 aromatic carbocycles.